The van der Waals surface area contributed by atoms with E-state index in [4.69, 9.17) is 9.15 Å². The monoisotopic (exact) mass is 292 g/mol. The van der Waals surface area contributed by atoms with Crippen LogP contribution in [-0.4, -0.2) is 43.7 Å². The van der Waals surface area contributed by atoms with Gasteiger partial charge in [0.25, 0.3) is 0 Å². The van der Waals surface area contributed by atoms with Crippen molar-refractivity contribution in [3.63, 3.8) is 0 Å². The van der Waals surface area contributed by atoms with Gasteiger partial charge >= 0.3 is 0 Å². The highest BCUT2D eigenvalue weighted by Crippen LogP contribution is 2.26. The highest BCUT2D eigenvalue weighted by Gasteiger charge is 2.27. The van der Waals surface area contributed by atoms with E-state index in [9.17, 15) is 4.79 Å². The van der Waals surface area contributed by atoms with E-state index in [-0.39, 0.29) is 17.9 Å². The van der Waals surface area contributed by atoms with Crippen LogP contribution in [0.1, 0.15) is 37.5 Å². The number of hydrogen-bond acceptors (Lipinski definition) is 4. The standard InChI is InChI=1S/C16H24N2O3/c19-16(13-4-1-2-5-13)17-12-14(15-6-3-9-21-15)18-7-10-20-11-8-18/h3,6,9,13-14H,1-2,4-5,7-8,10-12H2,(H,17,19). The van der Waals surface area contributed by atoms with E-state index in [0.717, 1.165) is 44.9 Å². The maximum atomic E-state index is 12.2. The molecule has 21 heavy (non-hydrogen) atoms. The Balaban J connectivity index is 1.60. The third-order valence-electron chi connectivity index (χ3n) is 4.55. The van der Waals surface area contributed by atoms with Crippen molar-refractivity contribution < 1.29 is 13.9 Å². The molecule has 1 aromatic rings. The predicted molar refractivity (Wildman–Crippen MR) is 78.8 cm³/mol. The summed E-state index contributed by atoms with van der Waals surface area (Å²) in [6.45, 7) is 3.86. The lowest BCUT2D eigenvalue weighted by atomic mass is 10.1. The lowest BCUT2D eigenvalue weighted by molar-refractivity contribution is -0.125. The van der Waals surface area contributed by atoms with Crippen molar-refractivity contribution in [3.05, 3.63) is 24.2 Å². The molecule has 0 spiro atoms. The van der Waals surface area contributed by atoms with Crippen LogP contribution >= 0.6 is 0 Å². The first kappa shape index (κ1) is 14.6. The van der Waals surface area contributed by atoms with Crippen molar-refractivity contribution in [2.24, 2.45) is 5.92 Å². The smallest absolute Gasteiger partial charge is 0.223 e. The second-order valence-corrected chi connectivity index (χ2v) is 5.91. The Kier molecular flexibility index (Phi) is 4.93. The van der Waals surface area contributed by atoms with Crippen molar-refractivity contribution in [1.29, 1.82) is 0 Å². The number of carbonyl (C=O) groups excluding carboxylic acids is 1. The van der Waals surface area contributed by atoms with E-state index >= 15 is 0 Å². The summed E-state index contributed by atoms with van der Waals surface area (Å²) in [5, 5.41) is 3.13. The maximum Gasteiger partial charge on any atom is 0.223 e. The second kappa shape index (κ2) is 7.09. The van der Waals surface area contributed by atoms with Crippen molar-refractivity contribution in [2.45, 2.75) is 31.7 Å². The van der Waals surface area contributed by atoms with Gasteiger partial charge in [0.1, 0.15) is 5.76 Å². The van der Waals surface area contributed by atoms with Gasteiger partial charge in [0.05, 0.1) is 25.5 Å². The zero-order valence-corrected chi connectivity index (χ0v) is 12.4. The molecule has 2 heterocycles. The highest BCUT2D eigenvalue weighted by molar-refractivity contribution is 5.78. The molecular formula is C16H24N2O3. The van der Waals surface area contributed by atoms with Crippen LogP contribution in [0.15, 0.2) is 22.8 Å². The lowest BCUT2D eigenvalue weighted by Gasteiger charge is -2.33. The van der Waals surface area contributed by atoms with E-state index in [0.29, 0.717) is 6.54 Å². The molecule has 0 bridgehead atoms. The summed E-state index contributed by atoms with van der Waals surface area (Å²) in [5.74, 6) is 1.34. The van der Waals surface area contributed by atoms with Gasteiger partial charge in [0, 0.05) is 25.6 Å². The molecule has 5 nitrogen and oxygen atoms in total. The predicted octanol–water partition coefficient (Wildman–Crippen LogP) is 1.96. The summed E-state index contributed by atoms with van der Waals surface area (Å²) in [7, 11) is 0. The van der Waals surface area contributed by atoms with E-state index in [1.54, 1.807) is 6.26 Å². The normalized spacial score (nSPS) is 22.3. The van der Waals surface area contributed by atoms with Gasteiger partial charge in [-0.05, 0) is 25.0 Å². The van der Waals surface area contributed by atoms with Gasteiger partial charge < -0.3 is 14.5 Å². The molecule has 1 aliphatic heterocycles. The number of rotatable bonds is 5. The van der Waals surface area contributed by atoms with Gasteiger partial charge in [-0.3, -0.25) is 9.69 Å². The number of carbonyl (C=O) groups is 1. The third kappa shape index (κ3) is 3.66. The number of nitrogens with one attached hydrogen (secondary N) is 1. The minimum atomic E-state index is 0.106. The van der Waals surface area contributed by atoms with Crippen LogP contribution in [0.4, 0.5) is 0 Å². The van der Waals surface area contributed by atoms with E-state index in [1.165, 1.54) is 12.8 Å². The number of hydrogen-bond donors (Lipinski definition) is 1. The Hall–Kier alpha value is -1.33. The van der Waals surface area contributed by atoms with Gasteiger partial charge in [0.15, 0.2) is 0 Å². The molecule has 3 rings (SSSR count). The van der Waals surface area contributed by atoms with Crippen molar-refractivity contribution in [3.8, 4) is 0 Å². The molecule has 1 aliphatic carbocycles. The largest absolute Gasteiger partial charge is 0.468 e. The Morgan fingerprint density at radius 3 is 2.76 bits per heavy atom. The number of amides is 1. The Morgan fingerprint density at radius 1 is 1.33 bits per heavy atom. The number of furan rings is 1. The Morgan fingerprint density at radius 2 is 2.10 bits per heavy atom. The fraction of sp³-hybridized carbons (Fsp3) is 0.688. The average Bonchev–Trinajstić information content (AvgIpc) is 3.22. The molecule has 1 saturated heterocycles. The molecule has 1 N–H and O–H groups in total. The van der Waals surface area contributed by atoms with E-state index in [1.807, 2.05) is 12.1 Å². The lowest BCUT2D eigenvalue weighted by Crippen LogP contribution is -2.44. The first-order chi connectivity index (χ1) is 10.3. The van der Waals surface area contributed by atoms with Crippen LogP contribution in [0.25, 0.3) is 0 Å². The summed E-state index contributed by atoms with van der Waals surface area (Å²) >= 11 is 0. The summed E-state index contributed by atoms with van der Waals surface area (Å²) in [5.41, 5.74) is 0. The fourth-order valence-electron chi connectivity index (χ4n) is 3.31. The summed E-state index contributed by atoms with van der Waals surface area (Å²) in [4.78, 5) is 14.5. The fourth-order valence-corrected chi connectivity index (χ4v) is 3.31. The Labute approximate surface area is 125 Å². The van der Waals surface area contributed by atoms with Crippen LogP contribution in [0.3, 0.4) is 0 Å². The van der Waals surface area contributed by atoms with E-state index < -0.39 is 0 Å². The zero-order chi connectivity index (χ0) is 14.5. The van der Waals surface area contributed by atoms with Crippen LogP contribution in [0.5, 0.6) is 0 Å². The minimum Gasteiger partial charge on any atom is -0.468 e. The van der Waals surface area contributed by atoms with Gasteiger partial charge in [0.2, 0.25) is 5.91 Å². The number of ether oxygens (including phenoxy) is 1. The summed E-state index contributed by atoms with van der Waals surface area (Å²) in [6, 6.07) is 4.00. The van der Waals surface area contributed by atoms with Gasteiger partial charge in [-0.1, -0.05) is 12.8 Å². The molecule has 1 atom stereocenters. The number of nitrogens with zero attached hydrogens (tertiary/aromatic N) is 1. The second-order valence-electron chi connectivity index (χ2n) is 5.91. The van der Waals surface area contributed by atoms with Crippen LogP contribution in [-0.2, 0) is 9.53 Å². The average molecular weight is 292 g/mol. The zero-order valence-electron chi connectivity index (χ0n) is 12.4. The van der Waals surface area contributed by atoms with Gasteiger partial charge in [-0.2, -0.15) is 0 Å². The van der Waals surface area contributed by atoms with Crippen LogP contribution < -0.4 is 5.32 Å². The number of morpholine rings is 1. The van der Waals surface area contributed by atoms with Crippen molar-refractivity contribution >= 4 is 5.91 Å². The Bertz CT molecular complexity index is 434. The molecule has 0 aromatic carbocycles. The molecule has 1 unspecified atom stereocenters. The molecule has 5 heteroatoms. The minimum absolute atomic E-state index is 0.106. The first-order valence-electron chi connectivity index (χ1n) is 7.97. The molecule has 2 fully saturated rings. The van der Waals surface area contributed by atoms with Crippen molar-refractivity contribution in [2.75, 3.05) is 32.8 Å². The summed E-state index contributed by atoms with van der Waals surface area (Å²) in [6.07, 6.45) is 6.14. The summed E-state index contributed by atoms with van der Waals surface area (Å²) < 4.78 is 11.0. The highest BCUT2D eigenvalue weighted by atomic mass is 16.5. The van der Waals surface area contributed by atoms with E-state index in [2.05, 4.69) is 10.2 Å². The maximum absolute atomic E-state index is 12.2. The first-order valence-corrected chi connectivity index (χ1v) is 7.97. The molecule has 1 amide bonds. The molecular weight excluding hydrogens is 268 g/mol. The molecule has 1 saturated carbocycles. The van der Waals surface area contributed by atoms with Gasteiger partial charge in [-0.25, -0.2) is 0 Å². The molecule has 0 radical (unpaired) electrons. The SMILES string of the molecule is O=C(NCC(c1ccco1)N1CCOCC1)C1CCCC1. The third-order valence-corrected chi connectivity index (χ3v) is 4.55. The molecule has 1 aromatic heterocycles. The van der Waals surface area contributed by atoms with Crippen LogP contribution in [0, 0.1) is 5.92 Å². The topological polar surface area (TPSA) is 54.7 Å². The van der Waals surface area contributed by atoms with Crippen LogP contribution in [0.2, 0.25) is 0 Å². The molecule has 116 valence electrons. The van der Waals surface area contributed by atoms with Gasteiger partial charge in [-0.15, -0.1) is 0 Å². The quantitative estimate of drug-likeness (QED) is 0.901. The van der Waals surface area contributed by atoms with Crippen molar-refractivity contribution in [1.82, 2.24) is 10.2 Å². The molecule has 2 aliphatic rings.